The van der Waals surface area contributed by atoms with Crippen molar-refractivity contribution < 1.29 is 105 Å². The molecule has 0 saturated carbocycles. The Bertz CT molecular complexity index is 4180. The molecule has 2 amide bonds. The van der Waals surface area contributed by atoms with Crippen LogP contribution in [0.2, 0.25) is 0 Å². The van der Waals surface area contributed by atoms with Crippen LogP contribution < -0.4 is 39.1 Å². The molecule has 0 radical (unpaired) electrons. The number of esters is 6. The fourth-order valence-corrected chi connectivity index (χ4v) is 10.8. The summed E-state index contributed by atoms with van der Waals surface area (Å²) in [7, 11) is 0. The molecule has 0 fully saturated rings. The third kappa shape index (κ3) is 18.1. The average molecular weight is 1430 g/mol. The van der Waals surface area contributed by atoms with Gasteiger partial charge in [-0.1, -0.05) is 17.9 Å². The zero-order valence-electron chi connectivity index (χ0n) is 60.4. The van der Waals surface area contributed by atoms with Gasteiger partial charge in [-0.2, -0.15) is 0 Å². The van der Waals surface area contributed by atoms with E-state index in [1.807, 2.05) is 0 Å². The first-order valence-electron chi connectivity index (χ1n) is 33.8. The predicted octanol–water partition coefficient (Wildman–Crippen LogP) is 11.1. The average Bonchev–Trinajstić information content (AvgIpc) is 1.61. The number of carbonyl (C=O) groups excluding carboxylic acids is 8. The van der Waals surface area contributed by atoms with Gasteiger partial charge in [-0.15, -0.1) is 12.8 Å². The second-order valence-electron chi connectivity index (χ2n) is 28.5. The molecule has 0 aromatic heterocycles. The first kappa shape index (κ1) is 77.7. The maximum Gasteiger partial charge on any atom is 0.340 e. The molecule has 104 heavy (non-hydrogen) atoms. The molecule has 0 unspecified atom stereocenters. The highest BCUT2D eigenvalue weighted by Gasteiger charge is 2.56. The number of carbonyl (C=O) groups is 8. The summed E-state index contributed by atoms with van der Waals surface area (Å²) in [6.07, 6.45) is 10.3. The van der Waals surface area contributed by atoms with E-state index in [-0.39, 0.29) is 114 Å². The van der Waals surface area contributed by atoms with Crippen molar-refractivity contribution in [2.24, 2.45) is 21.7 Å². The number of fused-ring (bicyclic) bond motifs is 12. The molecule has 0 bridgehead atoms. The van der Waals surface area contributed by atoms with Crippen molar-refractivity contribution in [1.29, 1.82) is 0 Å². The molecule has 10 rings (SSSR count). The summed E-state index contributed by atoms with van der Waals surface area (Å²) in [6, 6.07) is 28.8. The van der Waals surface area contributed by atoms with Gasteiger partial charge >= 0.3 is 35.8 Å². The van der Waals surface area contributed by atoms with E-state index in [1.54, 1.807) is 174 Å². The molecule has 2 N–H and O–H groups in total. The van der Waals surface area contributed by atoms with Crippen LogP contribution in [0.15, 0.2) is 109 Å². The molecule has 24 heteroatoms. The van der Waals surface area contributed by atoms with E-state index >= 15 is 0 Å². The number of rotatable bonds is 26. The maximum absolute atomic E-state index is 13.7. The van der Waals surface area contributed by atoms with Crippen LogP contribution >= 0.6 is 0 Å². The number of terminal acetylenes is 2. The lowest BCUT2D eigenvalue weighted by atomic mass is 9.77. The number of benzene rings is 6. The summed E-state index contributed by atoms with van der Waals surface area (Å²) in [4.78, 5) is 105. The number of ether oxygens (including phenoxy) is 14. The number of amides is 2. The first-order chi connectivity index (χ1) is 49.3. The van der Waals surface area contributed by atoms with E-state index in [0.29, 0.717) is 86.2 Å². The lowest BCUT2D eigenvalue weighted by Gasteiger charge is -2.37. The van der Waals surface area contributed by atoms with Crippen LogP contribution in [0.4, 0.5) is 0 Å². The Balaban J connectivity index is 0.000000241. The Morgan fingerprint density at radius 2 is 0.663 bits per heavy atom. The SMILES string of the molecule is C#CCOCCOCCOCCNC(=O)c1ccc2c(c1)C(=O)OC21c2ccc(OC(=O)C(C)(C)C)cc2Oc2cc(OC(=O)C(C)(C)C)ccc21.C#CCOCCOCCOCCNC(=O)c1ccc2c(c1)C1(OC2=O)c2ccc(OC(=O)C(C)(C)C)cc2Oc2cc(OC(=O)C(C)(C)C)ccc21. The molecular weight excluding hydrogens is 1340 g/mol. The Kier molecular flexibility index (Phi) is 24.6. The van der Waals surface area contributed by atoms with Gasteiger partial charge < -0.3 is 76.9 Å². The minimum Gasteiger partial charge on any atom is -0.456 e. The lowest BCUT2D eigenvalue weighted by Crippen LogP contribution is -2.34. The van der Waals surface area contributed by atoms with Crippen molar-refractivity contribution in [2.45, 2.75) is 94.3 Å². The summed E-state index contributed by atoms with van der Waals surface area (Å²) in [5.41, 5.74) is -2.41. The molecule has 6 aromatic rings. The van der Waals surface area contributed by atoms with Gasteiger partial charge in [0.25, 0.3) is 11.8 Å². The van der Waals surface area contributed by atoms with Crippen LogP contribution in [0, 0.1) is 46.3 Å². The molecule has 4 aliphatic rings. The van der Waals surface area contributed by atoms with Crippen LogP contribution in [-0.2, 0) is 68.3 Å². The Labute approximate surface area is 604 Å². The fourth-order valence-electron chi connectivity index (χ4n) is 10.8. The van der Waals surface area contributed by atoms with Gasteiger partial charge in [-0.05, 0) is 162 Å². The largest absolute Gasteiger partial charge is 0.456 e. The molecule has 4 heterocycles. The summed E-state index contributed by atoms with van der Waals surface area (Å²) < 4.78 is 79.9. The number of hydrogen-bond donors (Lipinski definition) is 2. The Morgan fingerprint density at radius 3 is 1.01 bits per heavy atom. The minimum atomic E-state index is -1.56. The second kappa shape index (κ2) is 32.9. The summed E-state index contributed by atoms with van der Waals surface area (Å²) in [5.74, 6) is 2.80. The molecular formula is C80H86N2O22. The van der Waals surface area contributed by atoms with Crippen molar-refractivity contribution in [3.8, 4) is 70.7 Å². The van der Waals surface area contributed by atoms with E-state index in [2.05, 4.69) is 22.5 Å². The van der Waals surface area contributed by atoms with Crippen LogP contribution in [0.3, 0.4) is 0 Å². The van der Waals surface area contributed by atoms with Crippen LogP contribution in [-0.4, -0.2) is 140 Å². The topological polar surface area (TPSA) is 290 Å². The van der Waals surface area contributed by atoms with Crippen LogP contribution in [0.1, 0.15) is 158 Å². The van der Waals surface area contributed by atoms with Gasteiger partial charge in [-0.25, -0.2) is 9.59 Å². The monoisotopic (exact) mass is 1430 g/mol. The van der Waals surface area contributed by atoms with Crippen molar-refractivity contribution >= 4 is 47.6 Å². The van der Waals surface area contributed by atoms with Crippen molar-refractivity contribution in [1.82, 2.24) is 10.6 Å². The van der Waals surface area contributed by atoms with Gasteiger partial charge in [0.2, 0.25) is 0 Å². The summed E-state index contributed by atoms with van der Waals surface area (Å²) >= 11 is 0. The summed E-state index contributed by atoms with van der Waals surface area (Å²) in [5, 5.41) is 5.64. The molecule has 548 valence electrons. The van der Waals surface area contributed by atoms with Crippen LogP contribution in [0.5, 0.6) is 46.0 Å². The van der Waals surface area contributed by atoms with Gasteiger partial charge in [0.05, 0.1) is 98.9 Å². The van der Waals surface area contributed by atoms with Crippen molar-refractivity contribution in [2.75, 3.05) is 92.4 Å². The molecule has 0 atom stereocenters. The minimum absolute atomic E-state index is 0.192. The van der Waals surface area contributed by atoms with Crippen LogP contribution in [0.25, 0.3) is 0 Å². The third-order valence-electron chi connectivity index (χ3n) is 16.2. The van der Waals surface area contributed by atoms with E-state index in [0.717, 1.165) is 0 Å². The van der Waals surface area contributed by atoms with Crippen molar-refractivity contribution in [3.05, 3.63) is 165 Å². The Hall–Kier alpha value is -10.4. The lowest BCUT2D eigenvalue weighted by molar-refractivity contribution is -0.143. The molecule has 6 aromatic carbocycles. The third-order valence-corrected chi connectivity index (χ3v) is 16.2. The quantitative estimate of drug-likeness (QED) is 0.0221. The molecule has 0 aliphatic carbocycles. The normalized spacial score (nSPS) is 13.9. The highest BCUT2D eigenvalue weighted by molar-refractivity contribution is 6.03. The fraction of sp³-hybridized carbons (Fsp3) is 0.400. The standard InChI is InChI=1S/2C40H43NO11/c1-8-16-46-18-20-48-21-19-47-17-15-41-34(42)25-9-12-29-28(22-25)35(43)52-40(29)30-13-10-26(49-36(44)38(2,3)4)23-32(30)51-33-24-27(11-14-31(33)40)50-37(45)39(5,6)7;1-8-16-46-18-20-48-21-19-47-17-15-41-34(42)25-9-12-28-31(22-25)40(52-35(28)43)29-13-10-26(49-36(44)38(2,3)4)23-32(29)51-33-24-27(11-14-30(33)40)50-37(45)39(5,6)7/h2*1,9-14,22-24H,15-21H2,2-7H3,(H,41,42). The summed E-state index contributed by atoms with van der Waals surface area (Å²) in [6.45, 7) is 25.3. The zero-order chi connectivity index (χ0) is 75.4. The van der Waals surface area contributed by atoms with Crippen molar-refractivity contribution in [3.63, 3.8) is 0 Å². The predicted molar refractivity (Wildman–Crippen MR) is 377 cm³/mol. The van der Waals surface area contributed by atoms with Gasteiger partial charge in [0.1, 0.15) is 59.2 Å². The highest BCUT2D eigenvalue weighted by atomic mass is 16.6. The molecule has 2 spiro atoms. The second-order valence-corrected chi connectivity index (χ2v) is 28.5. The number of hydrogen-bond acceptors (Lipinski definition) is 22. The van der Waals surface area contributed by atoms with Gasteiger partial charge in [0, 0.05) is 81.9 Å². The highest BCUT2D eigenvalue weighted by Crippen LogP contribution is 2.59. The first-order valence-corrected chi connectivity index (χ1v) is 33.8. The van der Waals surface area contributed by atoms with E-state index in [4.69, 9.17) is 79.2 Å². The smallest absolute Gasteiger partial charge is 0.340 e. The van der Waals surface area contributed by atoms with E-state index in [1.165, 1.54) is 18.2 Å². The zero-order valence-corrected chi connectivity index (χ0v) is 60.4. The number of nitrogens with one attached hydrogen (secondary N) is 2. The Morgan fingerprint density at radius 1 is 0.365 bits per heavy atom. The maximum atomic E-state index is 13.7. The molecule has 4 aliphatic heterocycles. The molecule has 24 nitrogen and oxygen atoms in total. The molecule has 0 saturated heterocycles. The van der Waals surface area contributed by atoms with E-state index in [9.17, 15) is 38.4 Å². The van der Waals surface area contributed by atoms with E-state index < -0.39 is 74.6 Å². The van der Waals surface area contributed by atoms with Gasteiger partial charge in [0.15, 0.2) is 11.2 Å². The van der Waals surface area contributed by atoms with Gasteiger partial charge in [-0.3, -0.25) is 28.8 Å².